The number of carbonyl (C=O) groups is 1. The van der Waals surface area contributed by atoms with Crippen molar-refractivity contribution in [3.05, 3.63) is 69.5 Å². The van der Waals surface area contributed by atoms with Crippen molar-refractivity contribution in [2.24, 2.45) is 0 Å². The van der Waals surface area contributed by atoms with Crippen LogP contribution >= 0.6 is 0 Å². The number of para-hydroxylation sites is 1. The molecule has 31 heavy (non-hydrogen) atoms. The fourth-order valence-electron chi connectivity index (χ4n) is 3.77. The van der Waals surface area contributed by atoms with Gasteiger partial charge in [-0.25, -0.2) is 8.42 Å². The Kier molecular flexibility index (Phi) is 5.28. The van der Waals surface area contributed by atoms with E-state index in [1.165, 1.54) is 16.4 Å². The van der Waals surface area contributed by atoms with Crippen LogP contribution in [0.25, 0.3) is 11.0 Å². The van der Waals surface area contributed by atoms with E-state index in [4.69, 9.17) is 4.42 Å². The van der Waals surface area contributed by atoms with Gasteiger partial charge in [-0.1, -0.05) is 24.3 Å². The monoisotopic (exact) mass is 443 g/mol. The lowest BCUT2D eigenvalue weighted by molar-refractivity contribution is -0.385. The first kappa shape index (κ1) is 21.0. The van der Waals surface area contributed by atoms with Gasteiger partial charge in [0.1, 0.15) is 5.58 Å². The molecule has 4 rings (SSSR count). The Balaban J connectivity index is 1.53. The molecule has 1 fully saturated rings. The van der Waals surface area contributed by atoms with E-state index in [9.17, 15) is 23.3 Å². The van der Waals surface area contributed by atoms with Gasteiger partial charge >= 0.3 is 0 Å². The third-order valence-corrected chi connectivity index (χ3v) is 7.60. The normalized spacial score (nSPS) is 15.4. The molecule has 1 aliphatic heterocycles. The molecule has 3 aromatic rings. The van der Waals surface area contributed by atoms with Crippen LogP contribution in [-0.2, 0) is 10.0 Å². The molecule has 1 saturated heterocycles. The van der Waals surface area contributed by atoms with Gasteiger partial charge in [-0.2, -0.15) is 4.31 Å². The highest BCUT2D eigenvalue weighted by Gasteiger charge is 2.33. The SMILES string of the molecule is Cc1ccc([N+](=O)[O-])cc1S(=O)(=O)N1CCN(C(=O)c2oc3ccccc3c2C)CC1. The molecule has 1 aliphatic rings. The van der Waals surface area contributed by atoms with E-state index in [1.807, 2.05) is 25.1 Å². The van der Waals surface area contributed by atoms with Gasteiger partial charge in [-0.05, 0) is 25.5 Å². The van der Waals surface area contributed by atoms with E-state index >= 15 is 0 Å². The lowest BCUT2D eigenvalue weighted by Crippen LogP contribution is -2.50. The standard InChI is InChI=1S/C21H21N3O6S/c1-14-7-8-16(24(26)27)13-19(14)31(28,29)23-11-9-22(10-12-23)21(25)20-15(2)17-5-3-4-6-18(17)30-20/h3-8,13H,9-12H2,1-2H3. The Hall–Kier alpha value is -3.24. The maximum atomic E-state index is 13.1. The van der Waals surface area contributed by atoms with E-state index in [2.05, 4.69) is 0 Å². The van der Waals surface area contributed by atoms with Gasteiger partial charge in [0.2, 0.25) is 10.0 Å². The number of amides is 1. The van der Waals surface area contributed by atoms with Crippen LogP contribution in [0.2, 0.25) is 0 Å². The van der Waals surface area contributed by atoms with Gasteiger partial charge < -0.3 is 9.32 Å². The molecule has 0 unspecified atom stereocenters. The summed E-state index contributed by atoms with van der Waals surface area (Å²) in [5.74, 6) is -0.0238. The van der Waals surface area contributed by atoms with E-state index in [0.29, 0.717) is 11.1 Å². The van der Waals surface area contributed by atoms with Crippen LogP contribution in [0.1, 0.15) is 21.7 Å². The molecule has 0 N–H and O–H groups in total. The summed E-state index contributed by atoms with van der Waals surface area (Å²) in [5.41, 5.74) is 1.54. The number of rotatable bonds is 4. The molecule has 1 amide bonds. The molecule has 0 radical (unpaired) electrons. The third kappa shape index (κ3) is 3.68. The molecule has 10 heteroatoms. The minimum Gasteiger partial charge on any atom is -0.451 e. The van der Waals surface area contributed by atoms with Crippen LogP contribution in [-0.4, -0.2) is 54.6 Å². The molecule has 0 saturated carbocycles. The minimum absolute atomic E-state index is 0.0883. The number of benzene rings is 2. The number of fused-ring (bicyclic) bond motifs is 1. The van der Waals surface area contributed by atoms with Crippen LogP contribution in [0.5, 0.6) is 0 Å². The summed E-state index contributed by atoms with van der Waals surface area (Å²) in [6.45, 7) is 4.00. The number of nitrogens with zero attached hydrogens (tertiary/aromatic N) is 3. The lowest BCUT2D eigenvalue weighted by atomic mass is 10.1. The number of hydrogen-bond acceptors (Lipinski definition) is 6. The molecule has 0 bridgehead atoms. The van der Waals surface area contributed by atoms with Crippen molar-refractivity contribution in [3.8, 4) is 0 Å². The average Bonchev–Trinajstić information content (AvgIpc) is 3.10. The van der Waals surface area contributed by atoms with Crippen LogP contribution in [0.3, 0.4) is 0 Å². The Labute approximate surface area is 179 Å². The lowest BCUT2D eigenvalue weighted by Gasteiger charge is -2.33. The second kappa shape index (κ2) is 7.78. The molecule has 2 aromatic carbocycles. The Morgan fingerprint density at radius 1 is 1.06 bits per heavy atom. The maximum absolute atomic E-state index is 13.1. The van der Waals surface area contributed by atoms with Crippen LogP contribution in [0.15, 0.2) is 51.8 Å². The Bertz CT molecular complexity index is 1290. The maximum Gasteiger partial charge on any atom is 0.289 e. The number of aryl methyl sites for hydroxylation is 2. The first-order chi connectivity index (χ1) is 14.7. The Morgan fingerprint density at radius 2 is 1.74 bits per heavy atom. The number of nitro benzene ring substituents is 1. The molecular formula is C21H21N3O6S. The summed E-state index contributed by atoms with van der Waals surface area (Å²) in [6, 6.07) is 11.2. The van der Waals surface area contributed by atoms with Crippen molar-refractivity contribution in [1.29, 1.82) is 0 Å². The van der Waals surface area contributed by atoms with Crippen molar-refractivity contribution in [2.75, 3.05) is 26.2 Å². The molecule has 0 aliphatic carbocycles. The first-order valence-corrected chi connectivity index (χ1v) is 11.2. The van der Waals surface area contributed by atoms with Crippen LogP contribution in [0, 0.1) is 24.0 Å². The van der Waals surface area contributed by atoms with Crippen molar-refractivity contribution < 1.29 is 22.6 Å². The van der Waals surface area contributed by atoms with Gasteiger partial charge in [0, 0.05) is 49.3 Å². The second-order valence-electron chi connectivity index (χ2n) is 7.46. The van der Waals surface area contributed by atoms with Crippen molar-refractivity contribution >= 4 is 32.6 Å². The topological polar surface area (TPSA) is 114 Å². The zero-order valence-corrected chi connectivity index (χ0v) is 17.9. The van der Waals surface area contributed by atoms with Gasteiger partial charge in [0.05, 0.1) is 9.82 Å². The largest absolute Gasteiger partial charge is 0.451 e. The molecular weight excluding hydrogens is 422 g/mol. The highest BCUT2D eigenvalue weighted by atomic mass is 32.2. The fourth-order valence-corrected chi connectivity index (χ4v) is 5.44. The van der Waals surface area contributed by atoms with E-state index in [-0.39, 0.29) is 48.4 Å². The van der Waals surface area contributed by atoms with E-state index in [1.54, 1.807) is 17.9 Å². The van der Waals surface area contributed by atoms with Gasteiger partial charge in [-0.3, -0.25) is 14.9 Å². The summed E-state index contributed by atoms with van der Waals surface area (Å²) in [7, 11) is -3.92. The highest BCUT2D eigenvalue weighted by molar-refractivity contribution is 7.89. The highest BCUT2D eigenvalue weighted by Crippen LogP contribution is 2.28. The molecule has 162 valence electrons. The van der Waals surface area contributed by atoms with Crippen molar-refractivity contribution in [3.63, 3.8) is 0 Å². The summed E-state index contributed by atoms with van der Waals surface area (Å²) in [6.07, 6.45) is 0. The zero-order valence-electron chi connectivity index (χ0n) is 17.1. The number of furan rings is 1. The molecule has 0 atom stereocenters. The first-order valence-electron chi connectivity index (χ1n) is 9.73. The Morgan fingerprint density at radius 3 is 2.39 bits per heavy atom. The zero-order chi connectivity index (χ0) is 22.3. The van der Waals surface area contributed by atoms with Gasteiger partial charge in [0.15, 0.2) is 5.76 Å². The molecule has 1 aromatic heterocycles. The van der Waals surface area contributed by atoms with E-state index < -0.39 is 14.9 Å². The third-order valence-electron chi connectivity index (χ3n) is 5.56. The summed E-state index contributed by atoms with van der Waals surface area (Å²) in [5, 5.41) is 11.9. The quantitative estimate of drug-likeness (QED) is 0.452. The van der Waals surface area contributed by atoms with Gasteiger partial charge in [-0.15, -0.1) is 0 Å². The number of sulfonamides is 1. The fraction of sp³-hybridized carbons (Fsp3) is 0.286. The number of hydrogen-bond donors (Lipinski definition) is 0. The number of nitro groups is 1. The smallest absolute Gasteiger partial charge is 0.289 e. The van der Waals surface area contributed by atoms with Crippen molar-refractivity contribution in [1.82, 2.24) is 9.21 Å². The summed E-state index contributed by atoms with van der Waals surface area (Å²) < 4.78 is 33.2. The summed E-state index contributed by atoms with van der Waals surface area (Å²) in [4.78, 5) is 24.9. The molecule has 9 nitrogen and oxygen atoms in total. The number of piperazine rings is 1. The van der Waals surface area contributed by atoms with Crippen LogP contribution in [0.4, 0.5) is 5.69 Å². The second-order valence-corrected chi connectivity index (χ2v) is 9.36. The predicted molar refractivity (Wildman–Crippen MR) is 113 cm³/mol. The predicted octanol–water partition coefficient (Wildman–Crippen LogP) is 3.10. The molecule has 0 spiro atoms. The van der Waals surface area contributed by atoms with E-state index in [0.717, 1.165) is 17.0 Å². The summed E-state index contributed by atoms with van der Waals surface area (Å²) >= 11 is 0. The average molecular weight is 443 g/mol. The molecule has 2 heterocycles. The van der Waals surface area contributed by atoms with Gasteiger partial charge in [0.25, 0.3) is 11.6 Å². The minimum atomic E-state index is -3.92. The number of carbonyl (C=O) groups excluding carboxylic acids is 1. The van der Waals surface area contributed by atoms with Crippen molar-refractivity contribution in [2.45, 2.75) is 18.7 Å². The van der Waals surface area contributed by atoms with Crippen LogP contribution < -0.4 is 0 Å². The number of non-ortho nitro benzene ring substituents is 1.